The van der Waals surface area contributed by atoms with Gasteiger partial charge < -0.3 is 37.6 Å². The van der Waals surface area contributed by atoms with Gasteiger partial charge in [0.25, 0.3) is 0 Å². The van der Waals surface area contributed by atoms with Gasteiger partial charge in [-0.3, -0.25) is 19.4 Å². The van der Waals surface area contributed by atoms with Crippen LogP contribution in [-0.4, -0.2) is 48.4 Å². The average molecular weight is 671 g/mol. The van der Waals surface area contributed by atoms with E-state index in [-0.39, 0.29) is 85.1 Å². The number of hydrogen-bond acceptors (Lipinski definition) is 7. The predicted octanol–water partition coefficient (Wildman–Crippen LogP) is 2.65. The number of halogens is 5. The Morgan fingerprint density at radius 1 is 0.955 bits per heavy atom. The zero-order valence-electron chi connectivity index (χ0n) is 24.7. The van der Waals surface area contributed by atoms with Crippen LogP contribution < -0.4 is 38.8 Å². The second kappa shape index (κ2) is 17.7. The van der Waals surface area contributed by atoms with E-state index in [1.165, 1.54) is 6.07 Å². The lowest BCUT2D eigenvalue weighted by molar-refractivity contribution is -0.136. The molecule has 0 fully saturated rings. The Bertz CT molecular complexity index is 1370. The lowest BCUT2D eigenvalue weighted by Gasteiger charge is -2.26. The number of nitrogens with one attached hydrogen (secondary N) is 3. The molecule has 3 atom stereocenters. The van der Waals surface area contributed by atoms with Gasteiger partial charge in [0.15, 0.2) is 5.96 Å². The minimum atomic E-state index is -4.80. The monoisotopic (exact) mass is 669 g/mol. The normalized spacial score (nSPS) is 13.2. The van der Waals surface area contributed by atoms with E-state index in [1.54, 1.807) is 13.8 Å². The molecule has 2 aromatic rings. The summed E-state index contributed by atoms with van der Waals surface area (Å²) in [6.07, 6.45) is -4.19. The lowest BCUT2D eigenvalue weighted by Crippen LogP contribution is -2.56. The molecular weight excluding hydrogens is 630 g/mol. The van der Waals surface area contributed by atoms with Crippen LogP contribution in [0.3, 0.4) is 0 Å². The van der Waals surface area contributed by atoms with E-state index in [0.29, 0.717) is 6.07 Å². The average Bonchev–Trinajstić information content (AvgIpc) is 2.87. The van der Waals surface area contributed by atoms with Crippen molar-refractivity contribution in [3.05, 3.63) is 40.2 Å². The molecule has 44 heavy (non-hydrogen) atoms. The number of aliphatic imine (C=N–C) groups is 1. The Morgan fingerprint density at radius 3 is 2.11 bits per heavy atom. The van der Waals surface area contributed by atoms with Crippen LogP contribution in [0.5, 0.6) is 0 Å². The molecule has 0 aliphatic heterocycles. The maximum atomic E-state index is 13.4. The van der Waals surface area contributed by atoms with Crippen LogP contribution in [0.1, 0.15) is 52.5 Å². The number of rotatable bonds is 13. The fourth-order valence-electron chi connectivity index (χ4n) is 4.02. The first-order valence-corrected chi connectivity index (χ1v) is 13.4. The van der Waals surface area contributed by atoms with Gasteiger partial charge in [0.1, 0.15) is 17.7 Å². The van der Waals surface area contributed by atoms with Crippen molar-refractivity contribution in [1.29, 1.82) is 0 Å². The Labute approximate surface area is 265 Å². The topological polar surface area (TPSA) is 208 Å². The van der Waals surface area contributed by atoms with Crippen LogP contribution in [0.4, 0.5) is 18.9 Å². The fourth-order valence-corrected chi connectivity index (χ4v) is 4.02. The number of nitrogens with two attached hydrogens (primary N) is 3. The highest BCUT2D eigenvalue weighted by Crippen LogP contribution is 2.34. The molecule has 9 N–H and O–H groups in total. The number of carbonyl (C=O) groups excluding carboxylic acids is 3. The first-order chi connectivity index (χ1) is 19.5. The SMILES string of the molecule is CC(C)C[C@H](NC(=O)[C@H](N)C(C)C)C(=O)N[C@@H](CCCN=C(N)N)C(=O)Nc1ccc2c(C(F)(F)F)cc(=O)oc2c1.Cl.Cl. The maximum Gasteiger partial charge on any atom is 0.417 e. The zero-order valence-corrected chi connectivity index (χ0v) is 26.3. The largest absolute Gasteiger partial charge is 0.423 e. The van der Waals surface area contributed by atoms with Crippen molar-refractivity contribution in [2.45, 2.75) is 71.3 Å². The van der Waals surface area contributed by atoms with Gasteiger partial charge >= 0.3 is 11.8 Å². The predicted molar refractivity (Wildman–Crippen MR) is 167 cm³/mol. The highest BCUT2D eigenvalue weighted by molar-refractivity contribution is 5.99. The smallest absolute Gasteiger partial charge is 0.417 e. The lowest BCUT2D eigenvalue weighted by atomic mass is 10.00. The molecule has 12 nitrogen and oxygen atoms in total. The number of nitrogens with zero attached hydrogens (tertiary/aromatic N) is 1. The second-order valence-electron chi connectivity index (χ2n) is 10.6. The number of alkyl halides is 3. The highest BCUT2D eigenvalue weighted by Gasteiger charge is 2.34. The molecular formula is C27H40Cl2F3N7O5. The van der Waals surface area contributed by atoms with Crippen LogP contribution in [0.2, 0.25) is 0 Å². The number of fused-ring (bicyclic) bond motifs is 1. The molecule has 2 rings (SSSR count). The van der Waals surface area contributed by atoms with Crippen LogP contribution in [-0.2, 0) is 20.6 Å². The van der Waals surface area contributed by atoms with E-state index in [4.69, 9.17) is 21.6 Å². The van der Waals surface area contributed by atoms with Gasteiger partial charge in [-0.15, -0.1) is 24.8 Å². The summed E-state index contributed by atoms with van der Waals surface area (Å²) in [5, 5.41) is 7.46. The maximum absolute atomic E-state index is 13.4. The summed E-state index contributed by atoms with van der Waals surface area (Å²) < 4.78 is 45.1. The van der Waals surface area contributed by atoms with E-state index in [9.17, 15) is 32.3 Å². The van der Waals surface area contributed by atoms with Crippen molar-refractivity contribution >= 4 is 65.2 Å². The molecule has 1 aromatic heterocycles. The van der Waals surface area contributed by atoms with Gasteiger partial charge in [-0.25, -0.2) is 4.79 Å². The van der Waals surface area contributed by atoms with Crippen molar-refractivity contribution in [3.8, 4) is 0 Å². The number of carbonyl (C=O) groups is 3. The van der Waals surface area contributed by atoms with Gasteiger partial charge in [-0.2, -0.15) is 13.2 Å². The fraction of sp³-hybridized carbons (Fsp3) is 0.519. The van der Waals surface area contributed by atoms with E-state index < -0.39 is 53.2 Å². The Morgan fingerprint density at radius 2 is 1.57 bits per heavy atom. The van der Waals surface area contributed by atoms with Crippen molar-refractivity contribution in [2.75, 3.05) is 11.9 Å². The van der Waals surface area contributed by atoms with Crippen LogP contribution in [0.15, 0.2) is 38.5 Å². The summed E-state index contributed by atoms with van der Waals surface area (Å²) in [5.74, 6) is -2.20. The first-order valence-electron chi connectivity index (χ1n) is 13.4. The molecule has 0 saturated carbocycles. The van der Waals surface area contributed by atoms with Crippen LogP contribution in [0.25, 0.3) is 11.0 Å². The molecule has 1 aromatic carbocycles. The molecule has 248 valence electrons. The Balaban J connectivity index is 0.00000924. The summed E-state index contributed by atoms with van der Waals surface area (Å²) in [7, 11) is 0. The standard InChI is InChI=1S/C27H38F3N7O5.2ClH/c1-13(2)10-19(37-25(41)22(31)14(3)4)24(40)36-18(6-5-9-34-26(32)33)23(39)35-15-7-8-16-17(27(28,29)30)12-21(38)42-20(16)11-15;;/h7-8,11-14,18-19,22H,5-6,9-10,31H2,1-4H3,(H,35,39)(H,36,40)(H,37,41)(H4,32,33,34);2*1H/t18-,19-,22+;;/m0../s1. The molecule has 0 aliphatic rings. The van der Waals surface area contributed by atoms with Crippen molar-refractivity contribution in [2.24, 2.45) is 34.0 Å². The summed E-state index contributed by atoms with van der Waals surface area (Å²) in [6, 6.07) is 0.711. The number of guanidine groups is 1. The van der Waals surface area contributed by atoms with Gasteiger partial charge in [0.05, 0.1) is 11.6 Å². The molecule has 0 spiro atoms. The van der Waals surface area contributed by atoms with Crippen molar-refractivity contribution < 1.29 is 32.0 Å². The second-order valence-corrected chi connectivity index (χ2v) is 10.6. The van der Waals surface area contributed by atoms with Gasteiger partial charge in [0.2, 0.25) is 17.7 Å². The van der Waals surface area contributed by atoms with Crippen LogP contribution >= 0.6 is 24.8 Å². The zero-order chi connectivity index (χ0) is 31.8. The van der Waals surface area contributed by atoms with Crippen molar-refractivity contribution in [1.82, 2.24) is 10.6 Å². The van der Waals surface area contributed by atoms with Crippen LogP contribution in [0, 0.1) is 11.8 Å². The van der Waals surface area contributed by atoms with Crippen molar-refractivity contribution in [3.63, 3.8) is 0 Å². The van der Waals surface area contributed by atoms with E-state index in [0.717, 1.165) is 12.1 Å². The molecule has 0 radical (unpaired) electrons. The van der Waals surface area contributed by atoms with E-state index >= 15 is 0 Å². The molecule has 0 saturated heterocycles. The third-order valence-electron chi connectivity index (χ3n) is 6.26. The minimum absolute atomic E-state index is 0. The summed E-state index contributed by atoms with van der Waals surface area (Å²) in [6.45, 7) is 7.40. The van der Waals surface area contributed by atoms with Gasteiger partial charge in [0, 0.05) is 29.8 Å². The Kier molecular flexibility index (Phi) is 16.2. The first kappa shape index (κ1) is 40.4. The van der Waals surface area contributed by atoms with E-state index in [1.807, 2.05) is 13.8 Å². The third-order valence-corrected chi connectivity index (χ3v) is 6.26. The number of hydrogen-bond donors (Lipinski definition) is 6. The number of anilines is 1. The third kappa shape index (κ3) is 12.2. The summed E-state index contributed by atoms with van der Waals surface area (Å²) >= 11 is 0. The minimum Gasteiger partial charge on any atom is -0.423 e. The molecule has 0 unspecified atom stereocenters. The van der Waals surface area contributed by atoms with E-state index in [2.05, 4.69) is 20.9 Å². The number of benzene rings is 1. The summed E-state index contributed by atoms with van der Waals surface area (Å²) in [5.41, 5.74) is 13.9. The Hall–Kier alpha value is -3.56. The molecule has 0 bridgehead atoms. The molecule has 1 heterocycles. The molecule has 3 amide bonds. The summed E-state index contributed by atoms with van der Waals surface area (Å²) in [4.78, 5) is 54.8. The van der Waals surface area contributed by atoms with Gasteiger partial charge in [-0.05, 0) is 43.2 Å². The highest BCUT2D eigenvalue weighted by atomic mass is 35.5. The molecule has 17 heteroatoms. The molecule has 0 aliphatic carbocycles. The van der Waals surface area contributed by atoms with Gasteiger partial charge in [-0.1, -0.05) is 27.7 Å². The number of amides is 3. The quantitative estimate of drug-likeness (QED) is 0.0806.